The van der Waals surface area contributed by atoms with Crippen LogP contribution in [0.15, 0.2) is 24.3 Å². The van der Waals surface area contributed by atoms with Gasteiger partial charge in [0.2, 0.25) is 23.6 Å². The van der Waals surface area contributed by atoms with E-state index < -0.39 is 78.7 Å². The highest BCUT2D eigenvalue weighted by Crippen LogP contribution is 2.11. The minimum Gasteiger partial charge on any atom is -0.508 e. The molecule has 0 bridgehead atoms. The lowest BCUT2D eigenvalue weighted by Crippen LogP contribution is -2.60. The number of primary amides is 1. The zero-order chi connectivity index (χ0) is 27.6. The Bertz CT molecular complexity index is 982. The molecular weight excluding hydrogens is 482 g/mol. The monoisotopic (exact) mass is 511 g/mol. The molecule has 15 nitrogen and oxygen atoms in total. The van der Waals surface area contributed by atoms with Gasteiger partial charge in [-0.3, -0.25) is 24.0 Å². The van der Waals surface area contributed by atoms with Gasteiger partial charge < -0.3 is 47.8 Å². The number of aliphatic hydroxyl groups excluding tert-OH is 1. The molecule has 198 valence electrons. The molecule has 1 rings (SSSR count). The minimum atomic E-state index is -1.85. The van der Waals surface area contributed by atoms with Gasteiger partial charge in [-0.2, -0.15) is 0 Å². The fourth-order valence-electron chi connectivity index (χ4n) is 2.96. The van der Waals surface area contributed by atoms with Gasteiger partial charge >= 0.3 is 11.9 Å². The van der Waals surface area contributed by atoms with Crippen molar-refractivity contribution in [1.82, 2.24) is 16.0 Å². The number of aliphatic carboxylic acids is 2. The zero-order valence-electron chi connectivity index (χ0n) is 19.2. The molecule has 0 aliphatic rings. The molecule has 0 aliphatic heterocycles. The number of aliphatic hydroxyl groups is 1. The molecule has 0 saturated heterocycles. The Labute approximate surface area is 204 Å². The normalized spacial score (nSPS) is 14.9. The molecule has 15 heteroatoms. The highest BCUT2D eigenvalue weighted by molar-refractivity contribution is 5.96. The van der Waals surface area contributed by atoms with Crippen LogP contribution in [0.1, 0.15) is 25.3 Å². The molecule has 0 saturated carbocycles. The summed E-state index contributed by atoms with van der Waals surface area (Å²) in [5.74, 6) is -7.37. The van der Waals surface area contributed by atoms with Crippen molar-refractivity contribution in [3.05, 3.63) is 29.8 Å². The number of nitrogens with one attached hydrogen (secondary N) is 3. The lowest BCUT2D eigenvalue weighted by Gasteiger charge is -2.26. The van der Waals surface area contributed by atoms with Crippen LogP contribution in [-0.2, 0) is 35.2 Å². The van der Waals surface area contributed by atoms with Crippen LogP contribution in [0.3, 0.4) is 0 Å². The maximum atomic E-state index is 12.7. The number of hydrogen-bond acceptors (Lipinski definition) is 9. The Kier molecular flexibility index (Phi) is 11.3. The first-order valence-electron chi connectivity index (χ1n) is 10.6. The summed E-state index contributed by atoms with van der Waals surface area (Å²) in [6.45, 7) is 1.09. The molecule has 36 heavy (non-hydrogen) atoms. The van der Waals surface area contributed by atoms with Crippen molar-refractivity contribution >= 4 is 35.6 Å². The molecule has 0 aliphatic carbocycles. The van der Waals surface area contributed by atoms with E-state index in [-0.39, 0.29) is 12.2 Å². The van der Waals surface area contributed by atoms with Gasteiger partial charge in [0.05, 0.1) is 25.0 Å². The summed E-state index contributed by atoms with van der Waals surface area (Å²) < 4.78 is 0. The number of carboxylic acid groups (broad SMARTS) is 2. The van der Waals surface area contributed by atoms with E-state index in [1.807, 2.05) is 5.32 Å². The van der Waals surface area contributed by atoms with E-state index in [2.05, 4.69) is 10.6 Å². The maximum absolute atomic E-state index is 12.7. The average Bonchev–Trinajstić information content (AvgIpc) is 2.76. The number of nitrogens with two attached hydrogens (primary N) is 2. The summed E-state index contributed by atoms with van der Waals surface area (Å²) in [5.41, 5.74) is 11.6. The van der Waals surface area contributed by atoms with Crippen molar-refractivity contribution in [2.75, 3.05) is 0 Å². The molecule has 1 aromatic rings. The number of phenolic OH excluding ortho intramolecular Hbond substituents is 1. The minimum absolute atomic E-state index is 0.00399. The van der Waals surface area contributed by atoms with Gasteiger partial charge in [0.15, 0.2) is 0 Å². The third-order valence-electron chi connectivity index (χ3n) is 4.82. The summed E-state index contributed by atoms with van der Waals surface area (Å²) in [6, 6.07) is -0.595. The molecule has 4 amide bonds. The zero-order valence-corrected chi connectivity index (χ0v) is 19.2. The Morgan fingerprint density at radius 1 is 0.861 bits per heavy atom. The number of rotatable bonds is 14. The number of carbonyl (C=O) groups is 6. The van der Waals surface area contributed by atoms with E-state index in [0.717, 1.165) is 6.92 Å². The molecule has 0 aromatic heterocycles. The first-order chi connectivity index (χ1) is 16.7. The van der Waals surface area contributed by atoms with E-state index in [1.165, 1.54) is 24.3 Å². The Hall–Kier alpha value is -4.24. The molecule has 1 aromatic carbocycles. The van der Waals surface area contributed by atoms with Crippen molar-refractivity contribution in [3.63, 3.8) is 0 Å². The number of carbonyl (C=O) groups excluding carboxylic acids is 4. The highest BCUT2D eigenvalue weighted by atomic mass is 16.4. The summed E-state index contributed by atoms with van der Waals surface area (Å²) in [7, 11) is 0. The van der Waals surface area contributed by atoms with E-state index in [1.54, 1.807) is 0 Å². The van der Waals surface area contributed by atoms with Gasteiger partial charge in [0, 0.05) is 0 Å². The van der Waals surface area contributed by atoms with Crippen LogP contribution in [0.5, 0.6) is 5.75 Å². The van der Waals surface area contributed by atoms with Gasteiger partial charge in [-0.25, -0.2) is 4.79 Å². The Balaban J connectivity index is 2.95. The lowest BCUT2D eigenvalue weighted by molar-refractivity contribution is -0.148. The van der Waals surface area contributed by atoms with Gasteiger partial charge in [0.25, 0.3) is 0 Å². The van der Waals surface area contributed by atoms with Crippen LogP contribution in [0, 0.1) is 0 Å². The second-order valence-electron chi connectivity index (χ2n) is 7.93. The Morgan fingerprint density at radius 3 is 1.89 bits per heavy atom. The second kappa shape index (κ2) is 13.6. The van der Waals surface area contributed by atoms with Gasteiger partial charge in [-0.15, -0.1) is 0 Å². The summed E-state index contributed by atoms with van der Waals surface area (Å²) in [6.07, 6.45) is -3.25. The Morgan fingerprint density at radius 2 is 1.42 bits per heavy atom. The molecule has 0 heterocycles. The molecule has 5 unspecified atom stereocenters. The molecule has 5 atom stereocenters. The smallest absolute Gasteiger partial charge is 0.326 e. The third kappa shape index (κ3) is 9.94. The fraction of sp³-hybridized carbons (Fsp3) is 0.429. The molecule has 0 fully saturated rings. The van der Waals surface area contributed by atoms with Gasteiger partial charge in [0.1, 0.15) is 23.9 Å². The van der Waals surface area contributed by atoms with Crippen molar-refractivity contribution < 1.29 is 49.2 Å². The molecule has 0 radical (unpaired) electrons. The van der Waals surface area contributed by atoms with Crippen molar-refractivity contribution in [3.8, 4) is 5.75 Å². The van der Waals surface area contributed by atoms with Crippen LogP contribution in [0.25, 0.3) is 0 Å². The molecular formula is C21H29N5O10. The predicted molar refractivity (Wildman–Crippen MR) is 121 cm³/mol. The van der Waals surface area contributed by atoms with E-state index in [4.69, 9.17) is 21.7 Å². The lowest BCUT2D eigenvalue weighted by atomic mass is 10.0. The topological polar surface area (TPSA) is 271 Å². The van der Waals surface area contributed by atoms with Crippen LogP contribution in [0.2, 0.25) is 0 Å². The quantitative estimate of drug-likeness (QED) is 0.118. The summed E-state index contributed by atoms with van der Waals surface area (Å²) >= 11 is 0. The van der Waals surface area contributed by atoms with Crippen molar-refractivity contribution in [1.29, 1.82) is 0 Å². The first-order valence-corrected chi connectivity index (χ1v) is 10.6. The predicted octanol–water partition coefficient (Wildman–Crippen LogP) is -3.47. The summed E-state index contributed by atoms with van der Waals surface area (Å²) in [5, 5.41) is 43.3. The van der Waals surface area contributed by atoms with Crippen LogP contribution in [-0.4, -0.2) is 86.3 Å². The number of carboxylic acids is 2. The number of aromatic hydroxyl groups is 1. The van der Waals surface area contributed by atoms with Crippen LogP contribution in [0.4, 0.5) is 0 Å². The number of phenols is 1. The highest BCUT2D eigenvalue weighted by Gasteiger charge is 2.33. The second-order valence-corrected chi connectivity index (χ2v) is 7.93. The first kappa shape index (κ1) is 29.8. The SMILES string of the molecule is CC(O)C(NC(=O)C(CC(N)=O)NC(=O)C(N)Cc1ccc(O)cc1)C(=O)NC(CC(=O)O)C(=O)O. The maximum Gasteiger partial charge on any atom is 0.326 e. The van der Waals surface area contributed by atoms with Crippen LogP contribution >= 0.6 is 0 Å². The van der Waals surface area contributed by atoms with E-state index in [9.17, 15) is 39.0 Å². The van der Waals surface area contributed by atoms with Crippen molar-refractivity contribution in [2.24, 2.45) is 11.5 Å². The van der Waals surface area contributed by atoms with Gasteiger partial charge in [-0.1, -0.05) is 12.1 Å². The number of benzene rings is 1. The fourth-order valence-corrected chi connectivity index (χ4v) is 2.96. The summed E-state index contributed by atoms with van der Waals surface area (Å²) in [4.78, 5) is 71.2. The van der Waals surface area contributed by atoms with Crippen molar-refractivity contribution in [2.45, 2.75) is 56.5 Å². The standard InChI is InChI=1S/C21H29N5O10/c1-9(27)17(20(34)25-14(21(35)36)8-16(30)31)26-19(33)13(7-15(23)29)24-18(32)12(22)6-10-2-4-11(28)5-3-10/h2-5,9,12-14,17,27-28H,6-8,22H2,1H3,(H2,23,29)(H,24,32)(H,25,34)(H,26,33)(H,30,31)(H,35,36). The van der Waals surface area contributed by atoms with Gasteiger partial charge in [-0.05, 0) is 31.0 Å². The van der Waals surface area contributed by atoms with E-state index >= 15 is 0 Å². The number of amides is 4. The average molecular weight is 511 g/mol. The van der Waals surface area contributed by atoms with E-state index in [0.29, 0.717) is 5.56 Å². The number of hydrogen-bond donors (Lipinski definition) is 9. The third-order valence-corrected chi connectivity index (χ3v) is 4.82. The molecule has 11 N–H and O–H groups in total. The largest absolute Gasteiger partial charge is 0.508 e. The van der Waals surface area contributed by atoms with Crippen LogP contribution < -0.4 is 27.4 Å². The molecule has 0 spiro atoms.